The van der Waals surface area contributed by atoms with Gasteiger partial charge in [0.1, 0.15) is 0 Å². The molecule has 2 rings (SSSR count). The van der Waals surface area contributed by atoms with Crippen molar-refractivity contribution >= 4 is 5.78 Å². The van der Waals surface area contributed by atoms with Gasteiger partial charge in [-0.25, -0.2) is 0 Å². The zero-order chi connectivity index (χ0) is 8.72. The number of nitrogens with zero attached hydrogens (tertiary/aromatic N) is 2. The molecule has 0 fully saturated rings. The third kappa shape index (κ3) is 0.956. The molecule has 4 nitrogen and oxygen atoms in total. The minimum absolute atomic E-state index is 0.0274. The van der Waals surface area contributed by atoms with E-state index in [0.29, 0.717) is 6.42 Å². The van der Waals surface area contributed by atoms with Gasteiger partial charge < -0.3 is 5.73 Å². The normalized spacial score (nSPS) is 22.5. The van der Waals surface area contributed by atoms with Crippen LogP contribution in [-0.2, 0) is 13.5 Å². The summed E-state index contributed by atoms with van der Waals surface area (Å²) >= 11 is 0. The highest BCUT2D eigenvalue weighted by Crippen LogP contribution is 2.19. The number of carbonyl (C=O) groups is 1. The molecule has 0 saturated heterocycles. The lowest BCUT2D eigenvalue weighted by Gasteiger charge is -2.17. The van der Waals surface area contributed by atoms with Crippen LogP contribution in [0.15, 0.2) is 6.20 Å². The Hall–Kier alpha value is -1.16. The average Bonchev–Trinajstić information content (AvgIpc) is 2.33. The molecule has 0 saturated carbocycles. The highest BCUT2D eigenvalue weighted by molar-refractivity contribution is 5.98. The van der Waals surface area contributed by atoms with Crippen molar-refractivity contribution in [2.24, 2.45) is 12.8 Å². The SMILES string of the molecule is Cn1ncc2c1CC(N)CC2=O. The lowest BCUT2D eigenvalue weighted by atomic mass is 9.93. The van der Waals surface area contributed by atoms with Crippen molar-refractivity contribution in [1.82, 2.24) is 9.78 Å². The maximum atomic E-state index is 11.4. The average molecular weight is 165 g/mol. The summed E-state index contributed by atoms with van der Waals surface area (Å²) in [7, 11) is 1.84. The molecule has 1 aromatic heterocycles. The second-order valence-corrected chi connectivity index (χ2v) is 3.22. The monoisotopic (exact) mass is 165 g/mol. The van der Waals surface area contributed by atoms with Gasteiger partial charge in [-0.3, -0.25) is 9.48 Å². The quantitative estimate of drug-likeness (QED) is 0.582. The number of aromatic nitrogens is 2. The molecule has 0 aliphatic heterocycles. The summed E-state index contributed by atoms with van der Waals surface area (Å²) in [5.74, 6) is 0.122. The Labute approximate surface area is 70.4 Å². The number of hydrogen-bond acceptors (Lipinski definition) is 3. The van der Waals surface area contributed by atoms with E-state index in [2.05, 4.69) is 5.10 Å². The molecule has 1 heterocycles. The van der Waals surface area contributed by atoms with Crippen LogP contribution in [0.25, 0.3) is 0 Å². The fraction of sp³-hybridized carbons (Fsp3) is 0.500. The molecule has 0 aromatic carbocycles. The van der Waals surface area contributed by atoms with Gasteiger partial charge in [-0.2, -0.15) is 5.10 Å². The highest BCUT2D eigenvalue weighted by Gasteiger charge is 2.25. The van der Waals surface area contributed by atoms with Gasteiger partial charge in [0, 0.05) is 25.9 Å². The van der Waals surface area contributed by atoms with E-state index >= 15 is 0 Å². The summed E-state index contributed by atoms with van der Waals surface area (Å²) in [5.41, 5.74) is 7.43. The Balaban J connectivity index is 2.50. The standard InChI is InChI=1S/C8H11N3O/c1-11-7-2-5(9)3-8(12)6(7)4-10-11/h4-5H,2-3,9H2,1H3. The molecule has 0 bridgehead atoms. The Bertz CT molecular complexity index is 329. The first kappa shape index (κ1) is 7.49. The summed E-state index contributed by atoms with van der Waals surface area (Å²) in [6.45, 7) is 0. The molecule has 1 atom stereocenters. The number of hydrogen-bond donors (Lipinski definition) is 1. The molecule has 0 amide bonds. The molecule has 64 valence electrons. The molecule has 4 heteroatoms. The molecule has 12 heavy (non-hydrogen) atoms. The van der Waals surface area contributed by atoms with Gasteiger partial charge in [0.15, 0.2) is 5.78 Å². The first-order valence-corrected chi connectivity index (χ1v) is 3.98. The van der Waals surface area contributed by atoms with Gasteiger partial charge in [0.2, 0.25) is 0 Å². The maximum absolute atomic E-state index is 11.4. The molecule has 1 aliphatic rings. The molecule has 1 unspecified atom stereocenters. The summed E-state index contributed by atoms with van der Waals surface area (Å²) in [6, 6.07) is -0.0274. The fourth-order valence-corrected chi connectivity index (χ4v) is 1.61. The molecular weight excluding hydrogens is 154 g/mol. The van der Waals surface area contributed by atoms with E-state index in [4.69, 9.17) is 5.73 Å². The smallest absolute Gasteiger partial charge is 0.167 e. The molecule has 2 N–H and O–H groups in total. The lowest BCUT2D eigenvalue weighted by Crippen LogP contribution is -2.32. The maximum Gasteiger partial charge on any atom is 0.167 e. The van der Waals surface area contributed by atoms with Gasteiger partial charge in [-0.1, -0.05) is 0 Å². The number of ketones is 1. The van der Waals surface area contributed by atoms with Crippen LogP contribution in [0.4, 0.5) is 0 Å². The first-order chi connectivity index (χ1) is 5.68. The molecule has 0 spiro atoms. The van der Waals surface area contributed by atoms with Crippen LogP contribution in [0.1, 0.15) is 22.5 Å². The number of Topliss-reactive ketones (excluding diaryl/α,β-unsaturated/α-hetero) is 1. The van der Waals surface area contributed by atoms with Gasteiger partial charge in [-0.15, -0.1) is 0 Å². The van der Waals surface area contributed by atoms with Crippen LogP contribution in [0.5, 0.6) is 0 Å². The van der Waals surface area contributed by atoms with E-state index in [1.165, 1.54) is 0 Å². The van der Waals surface area contributed by atoms with Crippen molar-refractivity contribution in [3.05, 3.63) is 17.5 Å². The minimum Gasteiger partial charge on any atom is -0.327 e. The third-order valence-electron chi connectivity index (χ3n) is 2.27. The van der Waals surface area contributed by atoms with Crippen LogP contribution in [0.2, 0.25) is 0 Å². The molecule has 1 aliphatic carbocycles. The lowest BCUT2D eigenvalue weighted by molar-refractivity contribution is 0.0964. The Morgan fingerprint density at radius 2 is 2.42 bits per heavy atom. The molecule has 1 aromatic rings. The van der Waals surface area contributed by atoms with Crippen LogP contribution in [0.3, 0.4) is 0 Å². The van der Waals surface area contributed by atoms with Crippen LogP contribution in [-0.4, -0.2) is 21.6 Å². The fourth-order valence-electron chi connectivity index (χ4n) is 1.61. The van der Waals surface area contributed by atoms with Crippen molar-refractivity contribution in [2.45, 2.75) is 18.9 Å². The zero-order valence-electron chi connectivity index (χ0n) is 6.95. The molecular formula is C8H11N3O. The van der Waals surface area contributed by atoms with E-state index in [9.17, 15) is 4.79 Å². The predicted molar refractivity (Wildman–Crippen MR) is 43.8 cm³/mol. The van der Waals surface area contributed by atoms with Gasteiger partial charge in [-0.05, 0) is 0 Å². The van der Waals surface area contributed by atoms with Crippen LogP contribution < -0.4 is 5.73 Å². The van der Waals surface area contributed by atoms with E-state index in [0.717, 1.165) is 17.7 Å². The number of carbonyl (C=O) groups excluding carboxylic acids is 1. The van der Waals surface area contributed by atoms with Crippen molar-refractivity contribution < 1.29 is 4.79 Å². The minimum atomic E-state index is -0.0274. The number of nitrogens with two attached hydrogens (primary N) is 1. The third-order valence-corrected chi connectivity index (χ3v) is 2.27. The first-order valence-electron chi connectivity index (χ1n) is 3.98. The largest absolute Gasteiger partial charge is 0.327 e. The number of aryl methyl sites for hydroxylation is 1. The summed E-state index contributed by atoms with van der Waals surface area (Å²) < 4.78 is 1.73. The van der Waals surface area contributed by atoms with E-state index in [1.54, 1.807) is 10.9 Å². The van der Waals surface area contributed by atoms with Crippen molar-refractivity contribution in [3.8, 4) is 0 Å². The second kappa shape index (κ2) is 2.42. The summed E-state index contributed by atoms with van der Waals surface area (Å²) in [4.78, 5) is 11.4. The summed E-state index contributed by atoms with van der Waals surface area (Å²) in [6.07, 6.45) is 2.85. The van der Waals surface area contributed by atoms with Crippen molar-refractivity contribution in [3.63, 3.8) is 0 Å². The number of rotatable bonds is 0. The van der Waals surface area contributed by atoms with Gasteiger partial charge in [0.25, 0.3) is 0 Å². The predicted octanol–water partition coefficient (Wildman–Crippen LogP) is -0.124. The van der Waals surface area contributed by atoms with Crippen LogP contribution >= 0.6 is 0 Å². The van der Waals surface area contributed by atoms with Crippen LogP contribution in [0, 0.1) is 0 Å². The van der Waals surface area contributed by atoms with E-state index < -0.39 is 0 Å². The number of fused-ring (bicyclic) bond motifs is 1. The second-order valence-electron chi connectivity index (χ2n) is 3.22. The van der Waals surface area contributed by atoms with E-state index in [-0.39, 0.29) is 11.8 Å². The van der Waals surface area contributed by atoms with Gasteiger partial charge >= 0.3 is 0 Å². The van der Waals surface area contributed by atoms with Gasteiger partial charge in [0.05, 0.1) is 17.5 Å². The highest BCUT2D eigenvalue weighted by atomic mass is 16.1. The Morgan fingerprint density at radius 1 is 1.67 bits per heavy atom. The Morgan fingerprint density at radius 3 is 3.17 bits per heavy atom. The zero-order valence-corrected chi connectivity index (χ0v) is 6.95. The van der Waals surface area contributed by atoms with Crippen molar-refractivity contribution in [2.75, 3.05) is 0 Å². The topological polar surface area (TPSA) is 60.9 Å². The summed E-state index contributed by atoms with van der Waals surface area (Å²) in [5, 5.41) is 4.02. The van der Waals surface area contributed by atoms with Crippen molar-refractivity contribution in [1.29, 1.82) is 0 Å². The molecule has 0 radical (unpaired) electrons. The van der Waals surface area contributed by atoms with E-state index in [1.807, 2.05) is 7.05 Å². The Kier molecular flexibility index (Phi) is 1.51.